The highest BCUT2D eigenvalue weighted by atomic mass is 14.5. The minimum absolute atomic E-state index is 0.202. The van der Waals surface area contributed by atoms with E-state index in [1.165, 1.54) is 46.2 Å². The van der Waals surface area contributed by atoms with Crippen molar-refractivity contribution in [3.8, 4) is 22.3 Å². The first-order chi connectivity index (χ1) is 12.8. The Bertz CT molecular complexity index is 980. The second-order valence-electron chi connectivity index (χ2n) is 9.20. The van der Waals surface area contributed by atoms with E-state index in [2.05, 4.69) is 88.4 Å². The summed E-state index contributed by atoms with van der Waals surface area (Å²) in [5.74, 6) is 0. The summed E-state index contributed by atoms with van der Waals surface area (Å²) in [5.41, 5.74) is 15.3. The van der Waals surface area contributed by atoms with Gasteiger partial charge in [0.05, 0.1) is 0 Å². The van der Waals surface area contributed by atoms with Gasteiger partial charge in [-0.25, -0.2) is 0 Å². The van der Waals surface area contributed by atoms with E-state index in [4.69, 9.17) is 5.73 Å². The summed E-state index contributed by atoms with van der Waals surface area (Å²) in [5, 5.41) is 0. The summed E-state index contributed by atoms with van der Waals surface area (Å²) in [7, 11) is 0. The van der Waals surface area contributed by atoms with Crippen LogP contribution in [0.5, 0.6) is 0 Å². The summed E-state index contributed by atoms with van der Waals surface area (Å²) >= 11 is 0. The number of nitrogens with two attached hydrogens (primary N) is 1. The zero-order valence-corrected chi connectivity index (χ0v) is 16.8. The summed E-state index contributed by atoms with van der Waals surface area (Å²) in [6.45, 7) is 9.50. The van der Waals surface area contributed by atoms with Gasteiger partial charge in [-0.1, -0.05) is 82.3 Å². The smallest absolute Gasteiger partial charge is 0.0320 e. The van der Waals surface area contributed by atoms with E-state index in [1.54, 1.807) is 0 Å². The number of nitrogen functional groups attached to an aromatic ring is 1. The molecule has 0 heterocycles. The summed E-state index contributed by atoms with van der Waals surface area (Å²) in [4.78, 5) is 0. The SMILES string of the molecule is CC1(C)CCC(C)(C)c2cc(-c3cc(N)ccc3-c3ccccc3)ccc21. The lowest BCUT2D eigenvalue weighted by Gasteiger charge is -2.42. The molecule has 4 rings (SSSR count). The molecule has 1 aliphatic carbocycles. The second-order valence-corrected chi connectivity index (χ2v) is 9.20. The third-order valence-corrected chi connectivity index (χ3v) is 6.29. The monoisotopic (exact) mass is 355 g/mol. The highest BCUT2D eigenvalue weighted by Gasteiger charge is 2.37. The van der Waals surface area contributed by atoms with Gasteiger partial charge in [0.2, 0.25) is 0 Å². The normalized spacial score (nSPS) is 17.3. The molecule has 3 aromatic rings. The van der Waals surface area contributed by atoms with Gasteiger partial charge in [0, 0.05) is 5.69 Å². The fraction of sp³-hybridized carbons (Fsp3) is 0.308. The first-order valence-corrected chi connectivity index (χ1v) is 9.88. The lowest BCUT2D eigenvalue weighted by molar-refractivity contribution is 0.332. The number of anilines is 1. The average Bonchev–Trinajstić information content (AvgIpc) is 2.66. The van der Waals surface area contributed by atoms with Crippen molar-refractivity contribution in [2.24, 2.45) is 0 Å². The zero-order valence-electron chi connectivity index (χ0n) is 16.8. The van der Waals surface area contributed by atoms with Crippen LogP contribution in [-0.2, 0) is 10.8 Å². The minimum Gasteiger partial charge on any atom is -0.399 e. The van der Waals surface area contributed by atoms with Crippen LogP contribution >= 0.6 is 0 Å². The highest BCUT2D eigenvalue weighted by molar-refractivity contribution is 5.86. The van der Waals surface area contributed by atoms with Gasteiger partial charge < -0.3 is 5.73 Å². The summed E-state index contributed by atoms with van der Waals surface area (Å²) in [6, 6.07) is 23.9. The predicted octanol–water partition coefficient (Wildman–Crippen LogP) is 6.95. The molecule has 0 unspecified atom stereocenters. The maximum absolute atomic E-state index is 6.18. The van der Waals surface area contributed by atoms with Crippen LogP contribution in [0.2, 0.25) is 0 Å². The Balaban J connectivity index is 1.92. The van der Waals surface area contributed by atoms with Crippen molar-refractivity contribution in [3.63, 3.8) is 0 Å². The largest absolute Gasteiger partial charge is 0.399 e. The van der Waals surface area contributed by atoms with Crippen molar-refractivity contribution in [1.29, 1.82) is 0 Å². The first-order valence-electron chi connectivity index (χ1n) is 9.88. The van der Waals surface area contributed by atoms with E-state index in [0.29, 0.717) is 0 Å². The molecule has 0 saturated heterocycles. The quantitative estimate of drug-likeness (QED) is 0.494. The Morgan fingerprint density at radius 1 is 0.630 bits per heavy atom. The van der Waals surface area contributed by atoms with E-state index in [1.807, 2.05) is 6.07 Å². The standard InChI is InChI=1S/C26H29N/c1-25(2)14-15-26(3,4)24-16-19(10-13-23(24)25)22-17-20(27)11-12-21(22)18-8-6-5-7-9-18/h5-13,16-17H,14-15,27H2,1-4H3. The molecule has 0 radical (unpaired) electrons. The third-order valence-electron chi connectivity index (χ3n) is 6.29. The number of fused-ring (bicyclic) bond motifs is 1. The van der Waals surface area contributed by atoms with E-state index in [0.717, 1.165) is 5.69 Å². The van der Waals surface area contributed by atoms with E-state index >= 15 is 0 Å². The van der Waals surface area contributed by atoms with Crippen LogP contribution in [0.4, 0.5) is 5.69 Å². The fourth-order valence-electron chi connectivity index (χ4n) is 4.43. The zero-order chi connectivity index (χ0) is 19.2. The lowest BCUT2D eigenvalue weighted by Crippen LogP contribution is -2.33. The molecule has 2 N–H and O–H groups in total. The molecule has 0 atom stereocenters. The van der Waals surface area contributed by atoms with Gasteiger partial charge >= 0.3 is 0 Å². The number of rotatable bonds is 2. The van der Waals surface area contributed by atoms with Crippen molar-refractivity contribution >= 4 is 5.69 Å². The van der Waals surface area contributed by atoms with Gasteiger partial charge in [-0.05, 0) is 69.2 Å². The molecule has 0 bridgehead atoms. The summed E-state index contributed by atoms with van der Waals surface area (Å²) < 4.78 is 0. The molecule has 138 valence electrons. The van der Waals surface area contributed by atoms with Gasteiger partial charge in [-0.2, -0.15) is 0 Å². The Morgan fingerprint density at radius 2 is 1.30 bits per heavy atom. The van der Waals surface area contributed by atoms with Crippen LogP contribution in [0.3, 0.4) is 0 Å². The van der Waals surface area contributed by atoms with E-state index < -0.39 is 0 Å². The number of hydrogen-bond donors (Lipinski definition) is 1. The van der Waals surface area contributed by atoms with Crippen molar-refractivity contribution in [2.75, 3.05) is 5.73 Å². The van der Waals surface area contributed by atoms with Crippen molar-refractivity contribution in [3.05, 3.63) is 77.9 Å². The molecule has 0 amide bonds. The first kappa shape index (κ1) is 17.9. The molecule has 0 fully saturated rings. The molecule has 3 aromatic carbocycles. The Labute approximate surface area is 163 Å². The molecule has 27 heavy (non-hydrogen) atoms. The van der Waals surface area contributed by atoms with Crippen LogP contribution in [0.15, 0.2) is 66.7 Å². The van der Waals surface area contributed by atoms with Gasteiger partial charge in [0.1, 0.15) is 0 Å². The molecule has 0 saturated carbocycles. The van der Waals surface area contributed by atoms with E-state index in [9.17, 15) is 0 Å². The fourth-order valence-corrected chi connectivity index (χ4v) is 4.43. The second kappa shape index (κ2) is 6.27. The third kappa shape index (κ3) is 3.16. The summed E-state index contributed by atoms with van der Waals surface area (Å²) in [6.07, 6.45) is 2.46. The molecule has 0 aliphatic heterocycles. The molecular formula is C26H29N. The van der Waals surface area contributed by atoms with Crippen LogP contribution in [0.25, 0.3) is 22.3 Å². The van der Waals surface area contributed by atoms with Gasteiger partial charge in [-0.3, -0.25) is 0 Å². The van der Waals surface area contributed by atoms with Crippen molar-refractivity contribution in [1.82, 2.24) is 0 Å². The van der Waals surface area contributed by atoms with E-state index in [-0.39, 0.29) is 10.8 Å². The average molecular weight is 356 g/mol. The maximum atomic E-state index is 6.18. The van der Waals surface area contributed by atoms with Crippen LogP contribution in [-0.4, -0.2) is 0 Å². The maximum Gasteiger partial charge on any atom is 0.0320 e. The van der Waals surface area contributed by atoms with Crippen molar-refractivity contribution in [2.45, 2.75) is 51.4 Å². The molecule has 1 nitrogen and oxygen atoms in total. The highest BCUT2D eigenvalue weighted by Crippen LogP contribution is 2.47. The number of benzene rings is 3. The Kier molecular flexibility index (Phi) is 4.14. The molecule has 1 heteroatoms. The molecule has 0 spiro atoms. The van der Waals surface area contributed by atoms with Crippen LogP contribution in [0.1, 0.15) is 51.7 Å². The van der Waals surface area contributed by atoms with Gasteiger partial charge in [-0.15, -0.1) is 0 Å². The van der Waals surface area contributed by atoms with Crippen LogP contribution < -0.4 is 5.73 Å². The predicted molar refractivity (Wildman–Crippen MR) is 117 cm³/mol. The molecular weight excluding hydrogens is 326 g/mol. The van der Waals surface area contributed by atoms with Gasteiger partial charge in [0.25, 0.3) is 0 Å². The topological polar surface area (TPSA) is 26.0 Å². The Hall–Kier alpha value is -2.54. The number of hydrogen-bond acceptors (Lipinski definition) is 1. The lowest BCUT2D eigenvalue weighted by atomic mass is 9.63. The van der Waals surface area contributed by atoms with Gasteiger partial charge in [0.15, 0.2) is 0 Å². The Morgan fingerprint density at radius 3 is 2.00 bits per heavy atom. The van der Waals surface area contributed by atoms with Crippen molar-refractivity contribution < 1.29 is 0 Å². The minimum atomic E-state index is 0.202. The molecule has 1 aliphatic rings. The van der Waals surface area contributed by atoms with Crippen LogP contribution in [0, 0.1) is 0 Å². The molecule has 0 aromatic heterocycles.